The van der Waals surface area contributed by atoms with E-state index in [1.165, 1.54) is 0 Å². The van der Waals surface area contributed by atoms with E-state index in [4.69, 9.17) is 11.6 Å². The fraction of sp³-hybridized carbons (Fsp3) is 0.389. The van der Waals surface area contributed by atoms with E-state index < -0.39 is 0 Å². The lowest BCUT2D eigenvalue weighted by Gasteiger charge is -2.14. The van der Waals surface area contributed by atoms with Crippen LogP contribution in [0.2, 0.25) is 5.02 Å². The first-order valence-electron chi connectivity index (χ1n) is 8.07. The molecule has 3 rings (SSSR count). The molecule has 2 aliphatic rings. The Balaban J connectivity index is 1.50. The van der Waals surface area contributed by atoms with Gasteiger partial charge in [0.1, 0.15) is 6.54 Å². The van der Waals surface area contributed by atoms with Gasteiger partial charge in [0.25, 0.3) is 0 Å². The number of allylic oxidation sites excluding steroid dienone is 2. The van der Waals surface area contributed by atoms with E-state index in [0.717, 1.165) is 10.5 Å². The van der Waals surface area contributed by atoms with Crippen LogP contribution in [0.1, 0.15) is 18.4 Å². The van der Waals surface area contributed by atoms with Crippen molar-refractivity contribution in [2.24, 2.45) is 11.8 Å². The minimum absolute atomic E-state index is 0.194. The van der Waals surface area contributed by atoms with Crippen molar-refractivity contribution in [3.8, 4) is 0 Å². The fourth-order valence-corrected chi connectivity index (χ4v) is 3.48. The Morgan fingerprint density at radius 2 is 1.83 bits per heavy atom. The first-order chi connectivity index (χ1) is 11.6. The standard InChI is InChI=1S/C18H19ClN2O3/c19-13-5-3-4-12(10-13)8-9-20-16(22)11-21-17(23)14-6-1-2-7-15(14)18(21)24/h1-5,10,14-15H,6-9,11H2,(H,20,22)/t14-,15-/m1/s1. The monoisotopic (exact) mass is 346 g/mol. The predicted molar refractivity (Wildman–Crippen MR) is 90.2 cm³/mol. The lowest BCUT2D eigenvalue weighted by Crippen LogP contribution is -2.41. The van der Waals surface area contributed by atoms with Gasteiger partial charge in [-0.05, 0) is 37.0 Å². The molecule has 3 amide bonds. The molecule has 1 saturated heterocycles. The van der Waals surface area contributed by atoms with E-state index in [9.17, 15) is 14.4 Å². The van der Waals surface area contributed by atoms with Crippen molar-refractivity contribution in [3.05, 3.63) is 47.0 Å². The van der Waals surface area contributed by atoms with Crippen LogP contribution in [-0.4, -0.2) is 35.7 Å². The molecule has 5 nitrogen and oxygen atoms in total. The molecule has 1 fully saturated rings. The number of imide groups is 1. The Labute approximate surface area is 145 Å². The van der Waals surface area contributed by atoms with Crippen molar-refractivity contribution < 1.29 is 14.4 Å². The van der Waals surface area contributed by atoms with Gasteiger partial charge in [-0.15, -0.1) is 0 Å². The van der Waals surface area contributed by atoms with E-state index in [0.29, 0.717) is 30.8 Å². The van der Waals surface area contributed by atoms with E-state index in [1.807, 2.05) is 30.4 Å². The summed E-state index contributed by atoms with van der Waals surface area (Å²) in [5.41, 5.74) is 1.02. The molecule has 1 aliphatic carbocycles. The number of fused-ring (bicyclic) bond motifs is 1. The van der Waals surface area contributed by atoms with Crippen LogP contribution in [0.25, 0.3) is 0 Å². The SMILES string of the molecule is O=C(CN1C(=O)[C@@H]2CC=CC[C@H]2C1=O)NCCc1cccc(Cl)c1. The highest BCUT2D eigenvalue weighted by atomic mass is 35.5. The topological polar surface area (TPSA) is 66.5 Å². The first kappa shape index (κ1) is 16.7. The number of rotatable bonds is 5. The Kier molecular flexibility index (Phi) is 5.00. The van der Waals surface area contributed by atoms with Crippen molar-refractivity contribution in [1.82, 2.24) is 10.2 Å². The van der Waals surface area contributed by atoms with Crippen LogP contribution in [0.3, 0.4) is 0 Å². The smallest absolute Gasteiger partial charge is 0.240 e. The van der Waals surface area contributed by atoms with Gasteiger partial charge in [0.05, 0.1) is 11.8 Å². The molecule has 0 unspecified atom stereocenters. The zero-order chi connectivity index (χ0) is 17.1. The highest BCUT2D eigenvalue weighted by Gasteiger charge is 2.47. The summed E-state index contributed by atoms with van der Waals surface area (Å²) >= 11 is 5.92. The molecule has 0 bridgehead atoms. The second kappa shape index (κ2) is 7.18. The zero-order valence-electron chi connectivity index (χ0n) is 13.2. The van der Waals surface area contributed by atoms with Crippen LogP contribution in [0, 0.1) is 11.8 Å². The van der Waals surface area contributed by atoms with Crippen LogP contribution in [0.5, 0.6) is 0 Å². The molecule has 1 heterocycles. The Morgan fingerprint density at radius 1 is 1.17 bits per heavy atom. The summed E-state index contributed by atoms with van der Waals surface area (Å²) in [6, 6.07) is 7.43. The molecular weight excluding hydrogens is 328 g/mol. The van der Waals surface area contributed by atoms with Gasteiger partial charge in [0.2, 0.25) is 17.7 Å². The Morgan fingerprint density at radius 3 is 2.46 bits per heavy atom. The average molecular weight is 347 g/mol. The van der Waals surface area contributed by atoms with Gasteiger partial charge >= 0.3 is 0 Å². The number of benzene rings is 1. The molecule has 2 atom stereocenters. The molecule has 0 aromatic heterocycles. The van der Waals surface area contributed by atoms with Crippen LogP contribution < -0.4 is 5.32 Å². The average Bonchev–Trinajstić information content (AvgIpc) is 2.80. The lowest BCUT2D eigenvalue weighted by atomic mass is 9.85. The summed E-state index contributed by atoms with van der Waals surface area (Å²) in [5, 5.41) is 3.41. The summed E-state index contributed by atoms with van der Waals surface area (Å²) < 4.78 is 0. The first-order valence-corrected chi connectivity index (χ1v) is 8.45. The number of nitrogens with zero attached hydrogens (tertiary/aromatic N) is 1. The van der Waals surface area contributed by atoms with Crippen molar-refractivity contribution in [2.45, 2.75) is 19.3 Å². The van der Waals surface area contributed by atoms with Crippen LogP contribution in [-0.2, 0) is 20.8 Å². The van der Waals surface area contributed by atoms with Gasteiger partial charge in [0.15, 0.2) is 0 Å². The summed E-state index contributed by atoms with van der Waals surface area (Å²) in [5.74, 6) is -1.34. The molecule has 1 aromatic carbocycles. The lowest BCUT2D eigenvalue weighted by molar-refractivity contribution is -0.143. The molecule has 24 heavy (non-hydrogen) atoms. The minimum Gasteiger partial charge on any atom is -0.354 e. The predicted octanol–water partition coefficient (Wildman–Crippen LogP) is 1.95. The van der Waals surface area contributed by atoms with Gasteiger partial charge < -0.3 is 5.32 Å². The van der Waals surface area contributed by atoms with Crippen LogP contribution >= 0.6 is 11.6 Å². The third-order valence-electron chi connectivity index (χ3n) is 4.53. The number of nitrogens with one attached hydrogen (secondary N) is 1. The number of halogens is 1. The molecule has 1 aliphatic heterocycles. The third kappa shape index (κ3) is 3.51. The summed E-state index contributed by atoms with van der Waals surface area (Å²) in [7, 11) is 0. The summed E-state index contributed by atoms with van der Waals surface area (Å²) in [6.07, 6.45) is 5.68. The van der Waals surface area contributed by atoms with Gasteiger partial charge in [0, 0.05) is 11.6 Å². The maximum Gasteiger partial charge on any atom is 0.240 e. The van der Waals surface area contributed by atoms with Gasteiger partial charge in [-0.3, -0.25) is 19.3 Å². The number of carbonyl (C=O) groups is 3. The maximum atomic E-state index is 12.3. The summed E-state index contributed by atoms with van der Waals surface area (Å²) in [4.78, 5) is 37.8. The normalized spacial score (nSPS) is 22.6. The van der Waals surface area contributed by atoms with E-state index in [2.05, 4.69) is 5.32 Å². The second-order valence-corrected chi connectivity index (χ2v) is 6.58. The second-order valence-electron chi connectivity index (χ2n) is 6.15. The number of hydrogen-bond donors (Lipinski definition) is 1. The molecular formula is C18H19ClN2O3. The highest BCUT2D eigenvalue weighted by molar-refractivity contribution is 6.30. The van der Waals surface area contributed by atoms with Gasteiger partial charge in [-0.25, -0.2) is 0 Å². The Hall–Kier alpha value is -2.14. The molecule has 6 heteroatoms. The molecule has 126 valence electrons. The quantitative estimate of drug-likeness (QED) is 0.654. The third-order valence-corrected chi connectivity index (χ3v) is 4.76. The number of likely N-dealkylation sites (tertiary alicyclic amines) is 1. The fourth-order valence-electron chi connectivity index (χ4n) is 3.26. The number of hydrogen-bond acceptors (Lipinski definition) is 3. The van der Waals surface area contributed by atoms with Crippen molar-refractivity contribution in [1.29, 1.82) is 0 Å². The van der Waals surface area contributed by atoms with Crippen molar-refractivity contribution >= 4 is 29.3 Å². The molecule has 0 spiro atoms. The number of carbonyl (C=O) groups excluding carboxylic acids is 3. The maximum absolute atomic E-state index is 12.3. The van der Waals surface area contributed by atoms with E-state index in [-0.39, 0.29) is 36.1 Å². The molecule has 1 N–H and O–H groups in total. The largest absolute Gasteiger partial charge is 0.354 e. The molecule has 0 saturated carbocycles. The highest BCUT2D eigenvalue weighted by Crippen LogP contribution is 2.34. The van der Waals surface area contributed by atoms with Gasteiger partial charge in [-0.2, -0.15) is 0 Å². The van der Waals surface area contributed by atoms with Gasteiger partial charge in [-0.1, -0.05) is 35.9 Å². The number of amides is 3. The van der Waals surface area contributed by atoms with Crippen LogP contribution in [0.15, 0.2) is 36.4 Å². The minimum atomic E-state index is -0.315. The van der Waals surface area contributed by atoms with Crippen LogP contribution in [0.4, 0.5) is 0 Å². The summed E-state index contributed by atoms with van der Waals surface area (Å²) in [6.45, 7) is 0.240. The Bertz CT molecular complexity index is 675. The van der Waals surface area contributed by atoms with Crippen molar-refractivity contribution in [3.63, 3.8) is 0 Å². The van der Waals surface area contributed by atoms with E-state index >= 15 is 0 Å². The molecule has 1 aromatic rings. The molecule has 0 radical (unpaired) electrons. The van der Waals surface area contributed by atoms with Crippen molar-refractivity contribution in [2.75, 3.05) is 13.1 Å². The zero-order valence-corrected chi connectivity index (χ0v) is 14.0. The van der Waals surface area contributed by atoms with E-state index in [1.54, 1.807) is 6.07 Å².